The number of ether oxygens (including phenoxy) is 1. The van der Waals surface area contributed by atoms with Crippen molar-refractivity contribution in [3.63, 3.8) is 0 Å². The third-order valence-corrected chi connectivity index (χ3v) is 4.16. The monoisotopic (exact) mass is 185 g/mol. The van der Waals surface area contributed by atoms with Crippen LogP contribution in [0.4, 0.5) is 0 Å². The summed E-state index contributed by atoms with van der Waals surface area (Å²) in [5.41, 5.74) is 5.71. The Morgan fingerprint density at radius 3 is 2.85 bits per heavy atom. The van der Waals surface area contributed by atoms with Crippen molar-refractivity contribution in [2.75, 3.05) is 13.2 Å². The second kappa shape index (κ2) is 2.69. The largest absolute Gasteiger partial charge is 0.394 e. The number of aliphatic hydroxyl groups is 1. The number of nitrogens with two attached hydrogens (primary N) is 1. The van der Waals surface area contributed by atoms with Gasteiger partial charge in [-0.3, -0.25) is 0 Å². The number of rotatable bonds is 1. The molecule has 3 N–H and O–H groups in total. The van der Waals surface area contributed by atoms with Gasteiger partial charge in [-0.05, 0) is 12.8 Å². The van der Waals surface area contributed by atoms with Crippen LogP contribution in [0.5, 0.6) is 0 Å². The van der Waals surface area contributed by atoms with E-state index in [1.165, 1.54) is 0 Å². The summed E-state index contributed by atoms with van der Waals surface area (Å²) in [6, 6.07) is 0. The third-order valence-electron chi connectivity index (χ3n) is 4.16. The average molecular weight is 185 g/mol. The Hall–Kier alpha value is -0.120. The molecule has 3 nitrogen and oxygen atoms in total. The standard InChI is InChI=1S/C10H19NO2/c1-9(2)8-7(4-3-5-13-8)10(9,11)6-12/h7-8,12H,3-6,11H2,1-2H3. The molecule has 0 aromatic rings. The van der Waals surface area contributed by atoms with Crippen molar-refractivity contribution >= 4 is 0 Å². The van der Waals surface area contributed by atoms with Gasteiger partial charge in [0.25, 0.3) is 0 Å². The Kier molecular flexibility index (Phi) is 1.95. The fourth-order valence-electron chi connectivity index (χ4n) is 2.99. The number of fused-ring (bicyclic) bond motifs is 1. The first-order valence-corrected chi connectivity index (χ1v) is 5.05. The van der Waals surface area contributed by atoms with Crippen LogP contribution in [0.15, 0.2) is 0 Å². The first-order valence-electron chi connectivity index (χ1n) is 5.05. The van der Waals surface area contributed by atoms with E-state index in [2.05, 4.69) is 13.8 Å². The van der Waals surface area contributed by atoms with Crippen LogP contribution in [-0.2, 0) is 4.74 Å². The Morgan fingerprint density at radius 2 is 2.23 bits per heavy atom. The molecule has 1 saturated heterocycles. The quantitative estimate of drug-likeness (QED) is 0.626. The maximum Gasteiger partial charge on any atom is 0.0691 e. The molecule has 1 saturated carbocycles. The summed E-state index contributed by atoms with van der Waals surface area (Å²) >= 11 is 0. The van der Waals surface area contributed by atoms with E-state index < -0.39 is 5.54 Å². The molecule has 2 fully saturated rings. The average Bonchev–Trinajstić information content (AvgIpc) is 2.16. The van der Waals surface area contributed by atoms with Crippen LogP contribution in [0.1, 0.15) is 26.7 Å². The molecule has 2 aliphatic rings. The zero-order valence-corrected chi connectivity index (χ0v) is 8.42. The van der Waals surface area contributed by atoms with E-state index in [1.54, 1.807) is 0 Å². The van der Waals surface area contributed by atoms with Crippen LogP contribution >= 0.6 is 0 Å². The van der Waals surface area contributed by atoms with Gasteiger partial charge in [-0.1, -0.05) is 13.8 Å². The summed E-state index contributed by atoms with van der Waals surface area (Å²) in [6.45, 7) is 5.11. The highest BCUT2D eigenvalue weighted by atomic mass is 16.5. The second-order valence-corrected chi connectivity index (χ2v) is 4.96. The molecule has 0 bridgehead atoms. The van der Waals surface area contributed by atoms with E-state index in [0.717, 1.165) is 19.4 Å². The van der Waals surface area contributed by atoms with E-state index in [4.69, 9.17) is 10.5 Å². The molecular formula is C10H19NO2. The summed E-state index contributed by atoms with van der Waals surface area (Å²) in [5, 5.41) is 9.34. The Bertz CT molecular complexity index is 217. The minimum atomic E-state index is -0.419. The molecule has 13 heavy (non-hydrogen) atoms. The molecular weight excluding hydrogens is 166 g/mol. The molecule has 0 aromatic heterocycles. The summed E-state index contributed by atoms with van der Waals surface area (Å²) in [7, 11) is 0. The summed E-state index contributed by atoms with van der Waals surface area (Å²) in [6.07, 6.45) is 2.44. The maximum absolute atomic E-state index is 9.34. The SMILES string of the molecule is CC1(C)C2OCCCC2C1(N)CO. The van der Waals surface area contributed by atoms with Crippen molar-refractivity contribution < 1.29 is 9.84 Å². The first-order chi connectivity index (χ1) is 6.04. The molecule has 0 radical (unpaired) electrons. The molecule has 1 heterocycles. The fraction of sp³-hybridized carbons (Fsp3) is 1.00. The predicted molar refractivity (Wildman–Crippen MR) is 50.2 cm³/mol. The molecule has 0 amide bonds. The molecule has 3 unspecified atom stereocenters. The molecule has 1 aliphatic carbocycles. The van der Waals surface area contributed by atoms with Crippen molar-refractivity contribution in [2.24, 2.45) is 17.1 Å². The maximum atomic E-state index is 9.34. The smallest absolute Gasteiger partial charge is 0.0691 e. The minimum Gasteiger partial charge on any atom is -0.394 e. The van der Waals surface area contributed by atoms with Crippen molar-refractivity contribution in [1.82, 2.24) is 0 Å². The van der Waals surface area contributed by atoms with Crippen molar-refractivity contribution in [1.29, 1.82) is 0 Å². The predicted octanol–water partition coefficient (Wildman–Crippen LogP) is 0.511. The van der Waals surface area contributed by atoms with Gasteiger partial charge in [0.15, 0.2) is 0 Å². The highest BCUT2D eigenvalue weighted by molar-refractivity contribution is 5.19. The number of aliphatic hydroxyl groups excluding tert-OH is 1. The van der Waals surface area contributed by atoms with Gasteiger partial charge in [-0.15, -0.1) is 0 Å². The van der Waals surface area contributed by atoms with Crippen LogP contribution < -0.4 is 5.73 Å². The lowest BCUT2D eigenvalue weighted by atomic mass is 9.47. The van der Waals surface area contributed by atoms with E-state index in [-0.39, 0.29) is 18.1 Å². The van der Waals surface area contributed by atoms with Crippen LogP contribution in [0.2, 0.25) is 0 Å². The fourth-order valence-corrected chi connectivity index (χ4v) is 2.99. The molecule has 3 heteroatoms. The van der Waals surface area contributed by atoms with Gasteiger partial charge in [-0.2, -0.15) is 0 Å². The van der Waals surface area contributed by atoms with Crippen molar-refractivity contribution in [3.05, 3.63) is 0 Å². The zero-order chi connectivity index (χ0) is 9.69. The van der Waals surface area contributed by atoms with E-state index in [0.29, 0.717) is 5.92 Å². The van der Waals surface area contributed by atoms with Gasteiger partial charge in [0.1, 0.15) is 0 Å². The molecule has 0 spiro atoms. The Balaban J connectivity index is 2.21. The van der Waals surface area contributed by atoms with Gasteiger partial charge in [-0.25, -0.2) is 0 Å². The van der Waals surface area contributed by atoms with Gasteiger partial charge in [0.05, 0.1) is 18.2 Å². The van der Waals surface area contributed by atoms with Crippen LogP contribution in [0.25, 0.3) is 0 Å². The first kappa shape index (κ1) is 9.44. The van der Waals surface area contributed by atoms with E-state index in [1.807, 2.05) is 0 Å². The van der Waals surface area contributed by atoms with Crippen molar-refractivity contribution in [3.8, 4) is 0 Å². The van der Waals surface area contributed by atoms with E-state index >= 15 is 0 Å². The van der Waals surface area contributed by atoms with Crippen LogP contribution in [0.3, 0.4) is 0 Å². The topological polar surface area (TPSA) is 55.5 Å². The third kappa shape index (κ3) is 0.953. The summed E-state index contributed by atoms with van der Waals surface area (Å²) in [4.78, 5) is 0. The summed E-state index contributed by atoms with van der Waals surface area (Å²) < 4.78 is 5.70. The highest BCUT2D eigenvalue weighted by Gasteiger charge is 2.66. The van der Waals surface area contributed by atoms with E-state index in [9.17, 15) is 5.11 Å². The zero-order valence-electron chi connectivity index (χ0n) is 8.42. The lowest BCUT2D eigenvalue weighted by Gasteiger charge is -2.66. The molecule has 0 aromatic carbocycles. The number of hydrogen-bond acceptors (Lipinski definition) is 3. The van der Waals surface area contributed by atoms with Crippen molar-refractivity contribution in [2.45, 2.75) is 38.3 Å². The van der Waals surface area contributed by atoms with Gasteiger partial charge in [0.2, 0.25) is 0 Å². The lowest BCUT2D eigenvalue weighted by Crippen LogP contribution is -2.79. The Morgan fingerprint density at radius 1 is 1.54 bits per heavy atom. The second-order valence-electron chi connectivity index (χ2n) is 4.96. The van der Waals surface area contributed by atoms with Crippen LogP contribution in [-0.4, -0.2) is 30.0 Å². The molecule has 1 aliphatic heterocycles. The molecule has 76 valence electrons. The van der Waals surface area contributed by atoms with Crippen LogP contribution in [0, 0.1) is 11.3 Å². The normalized spacial score (nSPS) is 48.0. The molecule has 2 rings (SSSR count). The molecule has 3 atom stereocenters. The van der Waals surface area contributed by atoms with Gasteiger partial charge >= 0.3 is 0 Å². The van der Waals surface area contributed by atoms with Gasteiger partial charge in [0, 0.05) is 17.9 Å². The van der Waals surface area contributed by atoms with Gasteiger partial charge < -0.3 is 15.6 Å². The lowest BCUT2D eigenvalue weighted by molar-refractivity contribution is -0.237. The number of hydrogen-bond donors (Lipinski definition) is 2. The highest BCUT2D eigenvalue weighted by Crippen LogP contribution is 2.56. The minimum absolute atomic E-state index is 0.0739. The Labute approximate surface area is 79.3 Å². The summed E-state index contributed by atoms with van der Waals surface area (Å²) in [5.74, 6) is 0.362.